The summed E-state index contributed by atoms with van der Waals surface area (Å²) in [6, 6.07) is 2.48. The van der Waals surface area contributed by atoms with Gasteiger partial charge in [0.05, 0.1) is 22.6 Å². The van der Waals surface area contributed by atoms with Crippen molar-refractivity contribution in [1.29, 1.82) is 0 Å². The van der Waals surface area contributed by atoms with E-state index in [1.54, 1.807) is 4.90 Å². The molecule has 2 aromatic heterocycles. The number of hydrogen-bond donors (Lipinski definition) is 1. The van der Waals surface area contributed by atoms with Gasteiger partial charge in [-0.15, -0.1) is 0 Å². The van der Waals surface area contributed by atoms with E-state index in [-0.39, 0.29) is 17.5 Å². The number of aryl methyl sites for hydroxylation is 1. The van der Waals surface area contributed by atoms with Crippen molar-refractivity contribution in [2.75, 3.05) is 6.54 Å². The van der Waals surface area contributed by atoms with Crippen LogP contribution < -0.4 is 0 Å². The zero-order valence-electron chi connectivity index (χ0n) is 13.7. The third-order valence-electron chi connectivity index (χ3n) is 4.46. The molecule has 7 nitrogen and oxygen atoms in total. The molecule has 25 heavy (non-hydrogen) atoms. The molecule has 1 amide bonds. The summed E-state index contributed by atoms with van der Waals surface area (Å²) in [5, 5.41) is 7.00. The zero-order valence-corrected chi connectivity index (χ0v) is 13.7. The second-order valence-electron chi connectivity index (χ2n) is 6.17. The van der Waals surface area contributed by atoms with E-state index in [1.165, 1.54) is 24.5 Å². The van der Waals surface area contributed by atoms with E-state index in [1.807, 2.05) is 6.92 Å². The van der Waals surface area contributed by atoms with E-state index in [2.05, 4.69) is 25.1 Å². The number of hydrogen-bond acceptors (Lipinski definition) is 5. The third-order valence-corrected chi connectivity index (χ3v) is 4.46. The van der Waals surface area contributed by atoms with Gasteiger partial charge in [-0.05, 0) is 32.3 Å². The molecule has 0 bridgehead atoms. The summed E-state index contributed by atoms with van der Waals surface area (Å²) in [6.45, 7) is 2.36. The van der Waals surface area contributed by atoms with Gasteiger partial charge in [0.2, 0.25) is 0 Å². The molecule has 1 atom stereocenters. The maximum atomic E-state index is 14.5. The fraction of sp³-hybridized carbons (Fsp3) is 0.353. The van der Waals surface area contributed by atoms with E-state index >= 15 is 0 Å². The molecule has 4 rings (SSSR count). The Morgan fingerprint density at radius 2 is 2.00 bits per heavy atom. The Morgan fingerprint density at radius 3 is 2.72 bits per heavy atom. The van der Waals surface area contributed by atoms with Crippen molar-refractivity contribution in [3.63, 3.8) is 0 Å². The van der Waals surface area contributed by atoms with Crippen LogP contribution in [0.15, 0.2) is 24.5 Å². The van der Waals surface area contributed by atoms with Crippen molar-refractivity contribution in [3.05, 3.63) is 47.6 Å². The normalized spacial score (nSPS) is 17.8. The van der Waals surface area contributed by atoms with Gasteiger partial charge < -0.3 is 4.90 Å². The number of piperidine rings is 1. The SMILES string of the molecule is Cc1nc([C@@H]2CCCCN2C(=O)c2cc3nccnc3cc2F)n[nH]1. The number of likely N-dealkylation sites (tertiary alicyclic amines) is 1. The average molecular weight is 340 g/mol. The molecule has 1 fully saturated rings. The molecule has 128 valence electrons. The Hall–Kier alpha value is -2.90. The van der Waals surface area contributed by atoms with E-state index < -0.39 is 5.82 Å². The van der Waals surface area contributed by atoms with Gasteiger partial charge in [0.1, 0.15) is 11.6 Å². The lowest BCUT2D eigenvalue weighted by Gasteiger charge is -2.34. The van der Waals surface area contributed by atoms with Crippen LogP contribution in [0.25, 0.3) is 11.0 Å². The molecule has 3 aromatic rings. The van der Waals surface area contributed by atoms with Crippen LogP contribution in [0.5, 0.6) is 0 Å². The molecule has 1 aliphatic heterocycles. The number of carbonyl (C=O) groups is 1. The number of aromatic nitrogens is 5. The number of fused-ring (bicyclic) bond motifs is 1. The maximum Gasteiger partial charge on any atom is 0.257 e. The van der Waals surface area contributed by atoms with E-state index in [0.29, 0.717) is 29.2 Å². The van der Waals surface area contributed by atoms with Crippen LogP contribution in [0.2, 0.25) is 0 Å². The monoisotopic (exact) mass is 340 g/mol. The second kappa shape index (κ2) is 6.19. The molecule has 8 heteroatoms. The molecule has 0 spiro atoms. The van der Waals surface area contributed by atoms with Crippen molar-refractivity contribution in [3.8, 4) is 0 Å². The smallest absolute Gasteiger partial charge is 0.257 e. The molecule has 3 heterocycles. The highest BCUT2D eigenvalue weighted by Crippen LogP contribution is 2.31. The molecule has 0 aliphatic carbocycles. The molecule has 0 saturated carbocycles. The minimum absolute atomic E-state index is 0.00663. The maximum absolute atomic E-state index is 14.5. The molecule has 0 radical (unpaired) electrons. The van der Waals surface area contributed by atoms with E-state index in [9.17, 15) is 9.18 Å². The Bertz CT molecular complexity index is 940. The van der Waals surface area contributed by atoms with Crippen LogP contribution in [0, 0.1) is 12.7 Å². The van der Waals surface area contributed by atoms with E-state index in [0.717, 1.165) is 19.3 Å². The van der Waals surface area contributed by atoms with Crippen LogP contribution >= 0.6 is 0 Å². The number of halogens is 1. The fourth-order valence-corrected chi connectivity index (χ4v) is 3.26. The van der Waals surface area contributed by atoms with Crippen LogP contribution in [-0.2, 0) is 0 Å². The quantitative estimate of drug-likeness (QED) is 0.774. The summed E-state index contributed by atoms with van der Waals surface area (Å²) < 4.78 is 14.5. The number of benzene rings is 1. The van der Waals surface area contributed by atoms with Gasteiger partial charge in [0.15, 0.2) is 5.82 Å². The third kappa shape index (κ3) is 2.84. The summed E-state index contributed by atoms with van der Waals surface area (Å²) in [7, 11) is 0. The van der Waals surface area contributed by atoms with Crippen molar-refractivity contribution < 1.29 is 9.18 Å². The van der Waals surface area contributed by atoms with Crippen molar-refractivity contribution in [1.82, 2.24) is 30.0 Å². The minimum Gasteiger partial charge on any atom is -0.328 e. The van der Waals surface area contributed by atoms with Crippen LogP contribution in [0.3, 0.4) is 0 Å². The lowest BCUT2D eigenvalue weighted by molar-refractivity contribution is 0.0595. The van der Waals surface area contributed by atoms with Crippen molar-refractivity contribution >= 4 is 16.9 Å². The van der Waals surface area contributed by atoms with Crippen LogP contribution in [-0.4, -0.2) is 42.5 Å². The highest BCUT2D eigenvalue weighted by molar-refractivity contribution is 5.97. The minimum atomic E-state index is -0.589. The Labute approximate surface area is 143 Å². The largest absolute Gasteiger partial charge is 0.328 e. The predicted molar refractivity (Wildman–Crippen MR) is 88.2 cm³/mol. The summed E-state index contributed by atoms with van der Waals surface area (Å²) >= 11 is 0. The summed E-state index contributed by atoms with van der Waals surface area (Å²) in [5.41, 5.74) is 0.929. The standard InChI is InChI=1S/C17H17FN6O/c1-10-21-16(23-22-10)15-4-2-3-7-24(15)17(25)11-8-13-14(9-12(11)18)20-6-5-19-13/h5-6,8-9,15H,2-4,7H2,1H3,(H,21,22,23)/t15-/m0/s1. The molecular formula is C17H17FN6O. The number of amides is 1. The molecule has 1 saturated heterocycles. The first-order valence-corrected chi connectivity index (χ1v) is 8.23. The lowest BCUT2D eigenvalue weighted by atomic mass is 10.00. The summed E-state index contributed by atoms with van der Waals surface area (Å²) in [6.07, 6.45) is 5.64. The zero-order chi connectivity index (χ0) is 17.4. The highest BCUT2D eigenvalue weighted by atomic mass is 19.1. The Morgan fingerprint density at radius 1 is 1.24 bits per heavy atom. The van der Waals surface area contributed by atoms with Gasteiger partial charge in [0.25, 0.3) is 5.91 Å². The Kier molecular flexibility index (Phi) is 3.87. The van der Waals surface area contributed by atoms with Gasteiger partial charge in [0, 0.05) is 25.0 Å². The number of nitrogens with one attached hydrogen (secondary N) is 1. The number of rotatable bonds is 2. The number of nitrogens with zero attached hydrogens (tertiary/aromatic N) is 5. The highest BCUT2D eigenvalue weighted by Gasteiger charge is 2.32. The fourth-order valence-electron chi connectivity index (χ4n) is 3.26. The summed E-state index contributed by atoms with van der Waals surface area (Å²) in [4.78, 5) is 27.3. The summed E-state index contributed by atoms with van der Waals surface area (Å²) in [5.74, 6) is 0.317. The topological polar surface area (TPSA) is 87.7 Å². The molecule has 1 aliphatic rings. The first-order valence-electron chi connectivity index (χ1n) is 8.23. The number of aromatic amines is 1. The first kappa shape index (κ1) is 15.6. The second-order valence-corrected chi connectivity index (χ2v) is 6.17. The van der Waals surface area contributed by atoms with Gasteiger partial charge in [-0.2, -0.15) is 5.10 Å². The first-order chi connectivity index (χ1) is 12.1. The van der Waals surface area contributed by atoms with Crippen molar-refractivity contribution in [2.24, 2.45) is 0 Å². The van der Waals surface area contributed by atoms with Crippen molar-refractivity contribution in [2.45, 2.75) is 32.2 Å². The van der Waals surface area contributed by atoms with Gasteiger partial charge in [-0.3, -0.25) is 19.9 Å². The number of carbonyl (C=O) groups excluding carboxylic acids is 1. The predicted octanol–water partition coefficient (Wildman–Crippen LogP) is 2.56. The molecule has 1 N–H and O–H groups in total. The molecule has 0 unspecified atom stereocenters. The van der Waals surface area contributed by atoms with Crippen LogP contribution in [0.1, 0.15) is 47.3 Å². The van der Waals surface area contributed by atoms with Crippen LogP contribution in [0.4, 0.5) is 4.39 Å². The van der Waals surface area contributed by atoms with Gasteiger partial charge in [-0.25, -0.2) is 9.37 Å². The van der Waals surface area contributed by atoms with Gasteiger partial charge in [-0.1, -0.05) is 0 Å². The average Bonchev–Trinajstić information content (AvgIpc) is 3.07. The van der Waals surface area contributed by atoms with E-state index in [4.69, 9.17) is 0 Å². The molecular weight excluding hydrogens is 323 g/mol. The number of H-pyrrole nitrogens is 1. The Balaban J connectivity index is 1.72. The lowest BCUT2D eigenvalue weighted by Crippen LogP contribution is -2.39. The van der Waals surface area contributed by atoms with Gasteiger partial charge >= 0.3 is 0 Å². The molecule has 1 aromatic carbocycles.